The van der Waals surface area contributed by atoms with E-state index in [1.807, 2.05) is 0 Å². The molecule has 2 unspecified atom stereocenters. The number of hydrogen-bond donors (Lipinski definition) is 2. The van der Waals surface area contributed by atoms with Gasteiger partial charge in [0.05, 0.1) is 6.10 Å². The SMILES string of the molecule is COCC(=O)NC1CC(O)C12CCOCC2. The smallest absolute Gasteiger partial charge is 0.246 e. The summed E-state index contributed by atoms with van der Waals surface area (Å²) in [7, 11) is 1.50. The minimum atomic E-state index is -0.302. The van der Waals surface area contributed by atoms with Crippen LogP contribution in [0.1, 0.15) is 19.3 Å². The van der Waals surface area contributed by atoms with E-state index in [2.05, 4.69) is 5.32 Å². The Morgan fingerprint density at radius 3 is 2.81 bits per heavy atom. The first-order valence-corrected chi connectivity index (χ1v) is 5.73. The quantitative estimate of drug-likeness (QED) is 0.696. The van der Waals surface area contributed by atoms with Gasteiger partial charge in [-0.1, -0.05) is 0 Å². The van der Waals surface area contributed by atoms with E-state index >= 15 is 0 Å². The molecule has 2 aliphatic rings. The van der Waals surface area contributed by atoms with E-state index in [4.69, 9.17) is 9.47 Å². The Morgan fingerprint density at radius 2 is 2.25 bits per heavy atom. The molecule has 0 aromatic rings. The van der Waals surface area contributed by atoms with Gasteiger partial charge in [-0.25, -0.2) is 0 Å². The number of ether oxygens (including phenoxy) is 2. The summed E-state index contributed by atoms with van der Waals surface area (Å²) in [6, 6.07) is 0.0778. The Morgan fingerprint density at radius 1 is 1.56 bits per heavy atom. The second kappa shape index (κ2) is 4.69. The Hall–Kier alpha value is -0.650. The molecule has 1 spiro atoms. The number of carbonyl (C=O) groups is 1. The maximum absolute atomic E-state index is 11.4. The van der Waals surface area contributed by atoms with Crippen molar-refractivity contribution in [1.29, 1.82) is 0 Å². The molecule has 1 aliphatic heterocycles. The molecule has 0 aromatic heterocycles. The van der Waals surface area contributed by atoms with Gasteiger partial charge in [0.25, 0.3) is 0 Å². The topological polar surface area (TPSA) is 67.8 Å². The lowest BCUT2D eigenvalue weighted by Gasteiger charge is -2.55. The van der Waals surface area contributed by atoms with Crippen molar-refractivity contribution in [3.05, 3.63) is 0 Å². The molecule has 2 rings (SSSR count). The monoisotopic (exact) mass is 229 g/mol. The fourth-order valence-electron chi connectivity index (χ4n) is 2.77. The summed E-state index contributed by atoms with van der Waals surface area (Å²) >= 11 is 0. The summed E-state index contributed by atoms with van der Waals surface area (Å²) in [5.41, 5.74) is -0.151. The van der Waals surface area contributed by atoms with Gasteiger partial charge in [0.15, 0.2) is 0 Å². The predicted octanol–water partition coefficient (Wildman–Crippen LogP) is -0.321. The molecule has 2 atom stereocenters. The molecule has 0 radical (unpaired) electrons. The van der Waals surface area contributed by atoms with Crippen LogP contribution in [0.15, 0.2) is 0 Å². The largest absolute Gasteiger partial charge is 0.392 e. The van der Waals surface area contributed by atoms with Crippen molar-refractivity contribution in [3.63, 3.8) is 0 Å². The molecule has 5 nitrogen and oxygen atoms in total. The number of methoxy groups -OCH3 is 1. The predicted molar refractivity (Wildman–Crippen MR) is 56.9 cm³/mol. The summed E-state index contributed by atoms with van der Waals surface area (Å²) in [4.78, 5) is 11.4. The zero-order chi connectivity index (χ0) is 11.6. The van der Waals surface area contributed by atoms with Gasteiger partial charge < -0.3 is 19.9 Å². The van der Waals surface area contributed by atoms with Crippen molar-refractivity contribution < 1.29 is 19.4 Å². The van der Waals surface area contributed by atoms with E-state index in [9.17, 15) is 9.90 Å². The fourth-order valence-corrected chi connectivity index (χ4v) is 2.77. The first-order valence-electron chi connectivity index (χ1n) is 5.73. The van der Waals surface area contributed by atoms with E-state index in [1.165, 1.54) is 7.11 Å². The van der Waals surface area contributed by atoms with Crippen molar-refractivity contribution in [1.82, 2.24) is 5.32 Å². The summed E-state index contributed by atoms with van der Waals surface area (Å²) < 4.78 is 10.1. The molecule has 2 fully saturated rings. The number of rotatable bonds is 3. The van der Waals surface area contributed by atoms with Crippen LogP contribution in [-0.4, -0.2) is 50.1 Å². The molecule has 1 heterocycles. The molecule has 5 heteroatoms. The number of nitrogens with one attached hydrogen (secondary N) is 1. The van der Waals surface area contributed by atoms with Gasteiger partial charge in [0, 0.05) is 31.8 Å². The van der Waals surface area contributed by atoms with Gasteiger partial charge in [-0.05, 0) is 19.3 Å². The number of aliphatic hydroxyl groups is 1. The highest BCUT2D eigenvalue weighted by Gasteiger charge is 2.55. The van der Waals surface area contributed by atoms with Crippen LogP contribution in [0.25, 0.3) is 0 Å². The highest BCUT2D eigenvalue weighted by Crippen LogP contribution is 2.48. The van der Waals surface area contributed by atoms with Gasteiger partial charge in [-0.2, -0.15) is 0 Å². The number of carbonyl (C=O) groups excluding carboxylic acids is 1. The molecule has 0 aromatic carbocycles. The second-order valence-electron chi connectivity index (χ2n) is 4.65. The van der Waals surface area contributed by atoms with E-state index < -0.39 is 0 Å². The van der Waals surface area contributed by atoms with Crippen molar-refractivity contribution in [2.24, 2.45) is 5.41 Å². The van der Waals surface area contributed by atoms with Gasteiger partial charge in [-0.3, -0.25) is 4.79 Å². The molecular formula is C11H19NO4. The third-order valence-electron chi connectivity index (χ3n) is 3.85. The van der Waals surface area contributed by atoms with Gasteiger partial charge in [0.1, 0.15) is 6.61 Å². The Bertz CT molecular complexity index is 263. The van der Waals surface area contributed by atoms with Crippen LogP contribution in [-0.2, 0) is 14.3 Å². The minimum Gasteiger partial charge on any atom is -0.392 e. The Kier molecular flexibility index (Phi) is 3.47. The number of amides is 1. The highest BCUT2D eigenvalue weighted by atomic mass is 16.5. The lowest BCUT2D eigenvalue weighted by Crippen LogP contribution is -2.66. The molecule has 0 bridgehead atoms. The normalized spacial score (nSPS) is 32.1. The first kappa shape index (κ1) is 11.8. The van der Waals surface area contributed by atoms with Crippen LogP contribution in [0.2, 0.25) is 0 Å². The van der Waals surface area contributed by atoms with Crippen LogP contribution in [0.5, 0.6) is 0 Å². The van der Waals surface area contributed by atoms with Crippen LogP contribution in [0, 0.1) is 5.41 Å². The minimum absolute atomic E-state index is 0.0778. The van der Waals surface area contributed by atoms with Crippen molar-refractivity contribution in [2.45, 2.75) is 31.4 Å². The molecule has 2 N–H and O–H groups in total. The van der Waals surface area contributed by atoms with Crippen LogP contribution in [0.4, 0.5) is 0 Å². The lowest BCUT2D eigenvalue weighted by atomic mass is 9.58. The van der Waals surface area contributed by atoms with Crippen molar-refractivity contribution in [3.8, 4) is 0 Å². The molecular weight excluding hydrogens is 210 g/mol. The number of hydrogen-bond acceptors (Lipinski definition) is 4. The van der Waals surface area contributed by atoms with Gasteiger partial charge in [0.2, 0.25) is 5.91 Å². The summed E-state index contributed by atoms with van der Waals surface area (Å²) in [6.07, 6.45) is 2.00. The van der Waals surface area contributed by atoms with Crippen LogP contribution in [0.3, 0.4) is 0 Å². The Labute approximate surface area is 95.1 Å². The maximum Gasteiger partial charge on any atom is 0.246 e. The molecule has 1 aliphatic carbocycles. The average molecular weight is 229 g/mol. The molecule has 1 saturated carbocycles. The van der Waals surface area contributed by atoms with Crippen LogP contribution >= 0.6 is 0 Å². The second-order valence-corrected chi connectivity index (χ2v) is 4.65. The van der Waals surface area contributed by atoms with Crippen molar-refractivity contribution >= 4 is 5.91 Å². The molecule has 1 saturated heterocycles. The average Bonchev–Trinajstić information content (AvgIpc) is 2.30. The standard InChI is InChI=1S/C11H19NO4/c1-15-7-10(14)12-8-6-9(13)11(8)2-4-16-5-3-11/h8-9,13H,2-7H2,1H3,(H,12,14). The van der Waals surface area contributed by atoms with E-state index in [1.54, 1.807) is 0 Å². The molecule has 1 amide bonds. The summed E-state index contributed by atoms with van der Waals surface area (Å²) in [6.45, 7) is 1.43. The third kappa shape index (κ3) is 1.95. The van der Waals surface area contributed by atoms with E-state index in [0.717, 1.165) is 12.8 Å². The fraction of sp³-hybridized carbons (Fsp3) is 0.909. The number of aliphatic hydroxyl groups excluding tert-OH is 1. The highest BCUT2D eigenvalue weighted by molar-refractivity contribution is 5.77. The van der Waals surface area contributed by atoms with E-state index in [0.29, 0.717) is 19.6 Å². The molecule has 92 valence electrons. The zero-order valence-electron chi connectivity index (χ0n) is 9.57. The Balaban J connectivity index is 1.93. The van der Waals surface area contributed by atoms with E-state index in [-0.39, 0.29) is 30.1 Å². The lowest BCUT2D eigenvalue weighted by molar-refractivity contribution is -0.157. The van der Waals surface area contributed by atoms with Crippen LogP contribution < -0.4 is 5.32 Å². The third-order valence-corrected chi connectivity index (χ3v) is 3.85. The first-order chi connectivity index (χ1) is 7.69. The maximum atomic E-state index is 11.4. The summed E-state index contributed by atoms with van der Waals surface area (Å²) in [5.74, 6) is -0.106. The van der Waals surface area contributed by atoms with Crippen molar-refractivity contribution in [2.75, 3.05) is 26.9 Å². The zero-order valence-corrected chi connectivity index (χ0v) is 9.57. The molecule has 16 heavy (non-hydrogen) atoms. The van der Waals surface area contributed by atoms with Gasteiger partial charge >= 0.3 is 0 Å². The van der Waals surface area contributed by atoms with Gasteiger partial charge in [-0.15, -0.1) is 0 Å². The summed E-state index contributed by atoms with van der Waals surface area (Å²) in [5, 5.41) is 12.8.